The Labute approximate surface area is 154 Å². The van der Waals surface area contributed by atoms with Crippen LogP contribution in [0.2, 0.25) is 0 Å². The first-order chi connectivity index (χ1) is 12.3. The number of aromatic nitrogens is 1. The maximum Gasteiger partial charge on any atom is 0.271 e. The van der Waals surface area contributed by atoms with E-state index in [1.54, 1.807) is 18.3 Å². The minimum Gasteiger partial charge on any atom is -0.342 e. The number of hydrogen-bond acceptors (Lipinski definition) is 4. The number of rotatable bonds is 5. The number of hydrogen-bond donors (Lipinski definition) is 2. The van der Waals surface area contributed by atoms with Crippen molar-refractivity contribution in [3.05, 3.63) is 30.1 Å². The Morgan fingerprint density at radius 3 is 2.50 bits per heavy atom. The van der Waals surface area contributed by atoms with Crippen molar-refractivity contribution < 1.29 is 14.4 Å². The highest BCUT2D eigenvalue weighted by atomic mass is 16.2. The molecule has 1 aliphatic rings. The van der Waals surface area contributed by atoms with Crippen LogP contribution in [0.15, 0.2) is 24.5 Å². The standard InChI is InChI=1S/C19H28N4O3/c1-13(9-18(25)23-11-14(2)7-15(3)12-23)8-17(24)21-22-19(26)16-5-4-6-20-10-16/h4-6,10,13-15H,7-9,11-12H2,1-3H3,(H,21,24)(H,22,26). The fraction of sp³-hybridized carbons (Fsp3) is 0.579. The average Bonchev–Trinajstić information content (AvgIpc) is 2.59. The van der Waals surface area contributed by atoms with Crippen molar-refractivity contribution in [2.45, 2.75) is 40.0 Å². The van der Waals surface area contributed by atoms with E-state index in [9.17, 15) is 14.4 Å². The van der Waals surface area contributed by atoms with Crippen molar-refractivity contribution >= 4 is 17.7 Å². The van der Waals surface area contributed by atoms with Crippen LogP contribution in [0.25, 0.3) is 0 Å². The van der Waals surface area contributed by atoms with Gasteiger partial charge in [0.2, 0.25) is 11.8 Å². The van der Waals surface area contributed by atoms with Crippen molar-refractivity contribution in [2.24, 2.45) is 17.8 Å². The maximum atomic E-state index is 12.4. The van der Waals surface area contributed by atoms with Gasteiger partial charge in [-0.15, -0.1) is 0 Å². The zero-order valence-corrected chi connectivity index (χ0v) is 15.7. The van der Waals surface area contributed by atoms with Gasteiger partial charge in [0.05, 0.1) is 5.56 Å². The smallest absolute Gasteiger partial charge is 0.271 e. The van der Waals surface area contributed by atoms with Crippen molar-refractivity contribution in [2.75, 3.05) is 13.1 Å². The summed E-state index contributed by atoms with van der Waals surface area (Å²) in [5, 5.41) is 0. The largest absolute Gasteiger partial charge is 0.342 e. The number of carbonyl (C=O) groups excluding carboxylic acids is 3. The normalized spacial score (nSPS) is 21.0. The molecule has 1 fully saturated rings. The summed E-state index contributed by atoms with van der Waals surface area (Å²) in [4.78, 5) is 42.1. The zero-order chi connectivity index (χ0) is 19.1. The van der Waals surface area contributed by atoms with E-state index in [1.807, 2.05) is 11.8 Å². The van der Waals surface area contributed by atoms with Gasteiger partial charge in [-0.1, -0.05) is 20.8 Å². The minimum atomic E-state index is -0.425. The van der Waals surface area contributed by atoms with Gasteiger partial charge in [0.1, 0.15) is 0 Å². The van der Waals surface area contributed by atoms with Gasteiger partial charge in [-0.2, -0.15) is 0 Å². The van der Waals surface area contributed by atoms with Crippen molar-refractivity contribution in [3.8, 4) is 0 Å². The Bertz CT molecular complexity index is 625. The van der Waals surface area contributed by atoms with Crippen LogP contribution in [0.1, 0.15) is 50.4 Å². The van der Waals surface area contributed by atoms with Crippen LogP contribution in [0.3, 0.4) is 0 Å². The highest BCUT2D eigenvalue weighted by Gasteiger charge is 2.26. The summed E-state index contributed by atoms with van der Waals surface area (Å²) in [5.41, 5.74) is 5.11. The molecule has 0 bridgehead atoms. The van der Waals surface area contributed by atoms with E-state index in [1.165, 1.54) is 6.20 Å². The Balaban J connectivity index is 1.73. The Hall–Kier alpha value is -2.44. The lowest BCUT2D eigenvalue weighted by Crippen LogP contribution is -2.44. The predicted molar refractivity (Wildman–Crippen MR) is 97.8 cm³/mol. The Morgan fingerprint density at radius 1 is 1.19 bits per heavy atom. The highest BCUT2D eigenvalue weighted by molar-refractivity contribution is 5.95. The lowest BCUT2D eigenvalue weighted by Gasteiger charge is -2.35. The molecule has 0 aliphatic carbocycles. The van der Waals surface area contributed by atoms with Crippen molar-refractivity contribution in [3.63, 3.8) is 0 Å². The van der Waals surface area contributed by atoms with Crippen LogP contribution in [-0.4, -0.2) is 40.7 Å². The summed E-state index contributed by atoms with van der Waals surface area (Å²) in [6.45, 7) is 7.79. The number of nitrogens with one attached hydrogen (secondary N) is 2. The predicted octanol–water partition coefficient (Wildman–Crippen LogP) is 1.76. The summed E-state index contributed by atoms with van der Waals surface area (Å²) >= 11 is 0. The molecule has 0 saturated carbocycles. The van der Waals surface area contributed by atoms with Crippen LogP contribution < -0.4 is 10.9 Å². The number of nitrogens with zero attached hydrogens (tertiary/aromatic N) is 2. The molecule has 3 amide bonds. The molecule has 1 aromatic heterocycles. The third-order valence-electron chi connectivity index (χ3n) is 4.52. The number of amides is 3. The van der Waals surface area contributed by atoms with E-state index in [-0.39, 0.29) is 24.2 Å². The molecule has 3 unspecified atom stereocenters. The van der Waals surface area contributed by atoms with E-state index in [0.29, 0.717) is 23.8 Å². The van der Waals surface area contributed by atoms with Crippen molar-refractivity contribution in [1.29, 1.82) is 0 Å². The summed E-state index contributed by atoms with van der Waals surface area (Å²) in [6.07, 6.45) is 4.65. The van der Waals surface area contributed by atoms with Gasteiger partial charge in [-0.3, -0.25) is 30.2 Å². The van der Waals surface area contributed by atoms with Crippen LogP contribution in [0.4, 0.5) is 0 Å². The minimum absolute atomic E-state index is 0.0923. The molecule has 2 N–H and O–H groups in total. The van der Waals surface area contributed by atoms with Crippen LogP contribution in [-0.2, 0) is 9.59 Å². The first kappa shape index (κ1) is 19.9. The first-order valence-electron chi connectivity index (χ1n) is 9.12. The summed E-state index contributed by atoms with van der Waals surface area (Å²) in [6, 6.07) is 3.25. The third kappa shape index (κ3) is 6.13. The van der Waals surface area contributed by atoms with E-state index < -0.39 is 5.91 Å². The fourth-order valence-electron chi connectivity index (χ4n) is 3.43. The first-order valence-corrected chi connectivity index (χ1v) is 9.12. The number of likely N-dealkylation sites (tertiary alicyclic amines) is 1. The number of piperidine rings is 1. The van der Waals surface area contributed by atoms with E-state index in [4.69, 9.17) is 0 Å². The highest BCUT2D eigenvalue weighted by Crippen LogP contribution is 2.22. The summed E-state index contributed by atoms with van der Waals surface area (Å²) in [7, 11) is 0. The molecule has 1 aromatic rings. The molecule has 3 atom stereocenters. The summed E-state index contributed by atoms with van der Waals surface area (Å²) < 4.78 is 0. The van der Waals surface area contributed by atoms with Gasteiger partial charge in [-0.25, -0.2) is 0 Å². The molecule has 142 valence electrons. The lowest BCUT2D eigenvalue weighted by atomic mass is 9.91. The second kappa shape index (κ2) is 9.31. The number of hydrazine groups is 1. The molecular formula is C19H28N4O3. The van der Waals surface area contributed by atoms with E-state index >= 15 is 0 Å². The molecule has 26 heavy (non-hydrogen) atoms. The molecule has 0 spiro atoms. The van der Waals surface area contributed by atoms with Gasteiger partial charge >= 0.3 is 0 Å². The van der Waals surface area contributed by atoms with Gasteiger partial charge in [0.25, 0.3) is 5.91 Å². The maximum absolute atomic E-state index is 12.4. The van der Waals surface area contributed by atoms with Gasteiger partial charge in [0.15, 0.2) is 0 Å². The van der Waals surface area contributed by atoms with Crippen LogP contribution in [0.5, 0.6) is 0 Å². The molecule has 0 radical (unpaired) electrons. The molecule has 1 saturated heterocycles. The Morgan fingerprint density at radius 2 is 1.88 bits per heavy atom. The second-order valence-electron chi connectivity index (χ2n) is 7.50. The molecule has 1 aliphatic heterocycles. The van der Waals surface area contributed by atoms with Crippen LogP contribution in [0, 0.1) is 17.8 Å². The molecule has 2 rings (SSSR count). The van der Waals surface area contributed by atoms with Gasteiger partial charge in [-0.05, 0) is 36.3 Å². The van der Waals surface area contributed by atoms with E-state index in [2.05, 4.69) is 29.7 Å². The zero-order valence-electron chi connectivity index (χ0n) is 15.7. The summed E-state index contributed by atoms with van der Waals surface area (Å²) in [5.74, 6) is 0.302. The fourth-order valence-corrected chi connectivity index (χ4v) is 3.43. The topological polar surface area (TPSA) is 91.4 Å². The quantitative estimate of drug-likeness (QED) is 0.783. The molecule has 7 nitrogen and oxygen atoms in total. The second-order valence-corrected chi connectivity index (χ2v) is 7.50. The van der Waals surface area contributed by atoms with E-state index in [0.717, 1.165) is 19.5 Å². The molecule has 7 heteroatoms. The molecule has 2 heterocycles. The number of carbonyl (C=O) groups is 3. The van der Waals surface area contributed by atoms with Crippen LogP contribution >= 0.6 is 0 Å². The molecule has 0 aromatic carbocycles. The Kier molecular flexibility index (Phi) is 7.12. The SMILES string of the molecule is CC(CC(=O)NNC(=O)c1cccnc1)CC(=O)N1CC(C)CC(C)C1. The monoisotopic (exact) mass is 360 g/mol. The van der Waals surface area contributed by atoms with Gasteiger partial charge in [0, 0.05) is 38.3 Å². The lowest BCUT2D eigenvalue weighted by molar-refractivity contribution is -0.135. The van der Waals surface area contributed by atoms with Gasteiger partial charge < -0.3 is 4.90 Å². The third-order valence-corrected chi connectivity index (χ3v) is 4.52. The molecular weight excluding hydrogens is 332 g/mol. The van der Waals surface area contributed by atoms with Crippen molar-refractivity contribution in [1.82, 2.24) is 20.7 Å². The number of pyridine rings is 1. The average molecular weight is 360 g/mol.